The summed E-state index contributed by atoms with van der Waals surface area (Å²) in [6.45, 7) is 24.6. The SMILES string of the molecule is C.CCN(CC)c1ccc2c(c1)Oc1cc(N(CC)CC)ccc1C21C(=[N+]=[N-])C(=O)c2ccccc21.CCN(CC)c1ccc2c(c1)Oc1cc(N(CC)CC)ccc1C21c2ccccc2C2SN=NC21. The van der Waals surface area contributed by atoms with Gasteiger partial charge in [0.2, 0.25) is 0 Å². The molecule has 71 heavy (non-hydrogen) atoms. The normalized spacial score (nSPS) is 17.1. The van der Waals surface area contributed by atoms with Crippen molar-refractivity contribution in [1.82, 2.24) is 0 Å². The molecule has 2 aliphatic carbocycles. The summed E-state index contributed by atoms with van der Waals surface area (Å²) in [5.41, 5.74) is 21.4. The van der Waals surface area contributed by atoms with E-state index in [0.29, 0.717) is 17.1 Å². The van der Waals surface area contributed by atoms with Gasteiger partial charge < -0.3 is 34.6 Å². The van der Waals surface area contributed by atoms with Crippen LogP contribution in [0, 0.1) is 0 Å². The molecule has 0 bridgehead atoms. The van der Waals surface area contributed by atoms with Crippen LogP contribution in [0.2, 0.25) is 0 Å². The zero-order chi connectivity index (χ0) is 48.9. The fourth-order valence-corrected chi connectivity index (χ4v) is 13.0. The van der Waals surface area contributed by atoms with Crippen LogP contribution in [0.4, 0.5) is 22.7 Å². The van der Waals surface area contributed by atoms with Gasteiger partial charge in [-0.3, -0.25) is 4.79 Å². The summed E-state index contributed by atoms with van der Waals surface area (Å²) in [5, 5.41) is 5.10. The maximum absolute atomic E-state index is 13.5. The number of anilines is 4. The predicted octanol–water partition coefficient (Wildman–Crippen LogP) is 13.7. The number of hydrogen-bond acceptors (Lipinski definition) is 10. The van der Waals surface area contributed by atoms with Crippen molar-refractivity contribution in [2.45, 2.75) is 84.9 Å². The van der Waals surface area contributed by atoms with Crippen LogP contribution in [0.1, 0.15) is 117 Å². The molecule has 12 heteroatoms. The zero-order valence-corrected chi connectivity index (χ0v) is 42.4. The van der Waals surface area contributed by atoms with E-state index in [1.54, 1.807) is 18.0 Å². The van der Waals surface area contributed by atoms with Crippen molar-refractivity contribution in [2.75, 3.05) is 72.0 Å². The first-order valence-corrected chi connectivity index (χ1v) is 26.0. The minimum absolute atomic E-state index is 0. The molecule has 11 nitrogen and oxygen atoms in total. The number of ketones is 1. The molecule has 0 N–H and O–H groups in total. The smallest absolute Gasteiger partial charge is 0.358 e. The van der Waals surface area contributed by atoms with E-state index in [9.17, 15) is 10.3 Å². The molecule has 0 saturated heterocycles. The van der Waals surface area contributed by atoms with E-state index in [-0.39, 0.29) is 30.2 Å². The van der Waals surface area contributed by atoms with Gasteiger partial charge in [-0.1, -0.05) is 80.2 Å². The molecule has 6 aromatic rings. The third kappa shape index (κ3) is 7.35. The van der Waals surface area contributed by atoms with E-state index in [2.05, 4.69) is 157 Å². The maximum atomic E-state index is 13.5. The molecule has 3 aliphatic heterocycles. The second kappa shape index (κ2) is 19.7. The number of nitrogens with zero attached hydrogens (tertiary/aromatic N) is 8. The van der Waals surface area contributed by atoms with Crippen LogP contribution in [0.25, 0.3) is 5.53 Å². The summed E-state index contributed by atoms with van der Waals surface area (Å²) in [4.78, 5) is 26.4. The number of rotatable bonds is 12. The summed E-state index contributed by atoms with van der Waals surface area (Å²) in [6, 6.07) is 42.2. The Morgan fingerprint density at radius 1 is 0.535 bits per heavy atom. The summed E-state index contributed by atoms with van der Waals surface area (Å²) in [6.07, 6.45) is 0. The van der Waals surface area contributed by atoms with Crippen LogP contribution < -0.4 is 29.1 Å². The molecule has 0 radical (unpaired) electrons. The lowest BCUT2D eigenvalue weighted by Gasteiger charge is -2.41. The summed E-state index contributed by atoms with van der Waals surface area (Å²) < 4.78 is 17.8. The van der Waals surface area contributed by atoms with Gasteiger partial charge in [0.1, 0.15) is 29.0 Å². The molecular weight excluding hydrogens is 901 g/mol. The topological polar surface area (TPSA) is 110 Å². The summed E-state index contributed by atoms with van der Waals surface area (Å²) in [7, 11) is 0. The van der Waals surface area contributed by atoms with Crippen molar-refractivity contribution >= 4 is 46.2 Å². The fourth-order valence-electron chi connectivity index (χ4n) is 12.1. The summed E-state index contributed by atoms with van der Waals surface area (Å²) in [5.74, 6) is 2.94. The molecule has 2 atom stereocenters. The van der Waals surface area contributed by atoms with Crippen molar-refractivity contribution < 1.29 is 19.1 Å². The highest BCUT2D eigenvalue weighted by molar-refractivity contribution is 7.98. The molecule has 366 valence electrons. The number of Topliss-reactive ketones (excluding diaryl/α,β-unsaturated/α-hetero) is 1. The number of carbonyl (C=O) groups excluding carboxylic acids is 1. The molecule has 0 fully saturated rings. The number of hydrogen-bond donors (Lipinski definition) is 0. The molecule has 2 spiro atoms. The van der Waals surface area contributed by atoms with Crippen LogP contribution in [0.15, 0.2) is 131 Å². The molecule has 0 amide bonds. The maximum Gasteiger partial charge on any atom is 0.358 e. The highest BCUT2D eigenvalue weighted by Gasteiger charge is 2.63. The molecular formula is C59H66N8O3S. The second-order valence-corrected chi connectivity index (χ2v) is 19.1. The molecule has 5 aliphatic rings. The van der Waals surface area contributed by atoms with E-state index in [1.807, 2.05) is 42.5 Å². The standard InChI is InChI=1S/C29H30N4O2.C29H32N4OS.CH4/c1-5-32(6-2)19-13-15-23-25(17-19)35-26-18-20(33(7-3)8-4)14-16-24(26)29(23)22-12-10-9-11-21(22)27(34)28(29)31-30;1-5-32(6-2)19-13-15-23-25(17-19)34-26-18-20(33(7-3)8-4)14-16-24(26)29(23)22-12-10-9-11-21(22)27-28(29)30-31-35-27;/h9-18H,5-8H2,1-4H3;9-18,27-28H,5-8H2,1-4H3;1H4. The van der Waals surface area contributed by atoms with Gasteiger partial charge in [-0.05, 0) is 96.3 Å². The van der Waals surface area contributed by atoms with E-state index < -0.39 is 10.8 Å². The lowest BCUT2D eigenvalue weighted by atomic mass is 9.66. The van der Waals surface area contributed by atoms with Gasteiger partial charge in [0.15, 0.2) is 5.41 Å². The van der Waals surface area contributed by atoms with Crippen LogP contribution in [-0.4, -0.2) is 74.7 Å². The first-order valence-electron chi connectivity index (χ1n) is 25.2. The Balaban J connectivity index is 0.000000173. The minimum atomic E-state index is -1.05. The first-order chi connectivity index (χ1) is 34.2. The van der Waals surface area contributed by atoms with Crippen LogP contribution in [-0.2, 0) is 10.8 Å². The number of benzene rings is 6. The molecule has 6 aromatic carbocycles. The van der Waals surface area contributed by atoms with Crippen molar-refractivity contribution in [3.05, 3.63) is 171 Å². The molecule has 11 rings (SSSR count). The summed E-state index contributed by atoms with van der Waals surface area (Å²) >= 11 is 1.60. The highest BCUT2D eigenvalue weighted by Crippen LogP contribution is 2.66. The Morgan fingerprint density at radius 3 is 1.37 bits per heavy atom. The van der Waals surface area contributed by atoms with Gasteiger partial charge in [0.05, 0.1) is 10.7 Å². The van der Waals surface area contributed by atoms with Gasteiger partial charge in [-0.25, -0.2) is 0 Å². The molecule has 0 aromatic heterocycles. The Labute approximate surface area is 424 Å². The number of fused-ring (bicyclic) bond motifs is 15. The molecule has 2 unspecified atom stereocenters. The van der Waals surface area contributed by atoms with Crippen molar-refractivity contribution in [3.63, 3.8) is 0 Å². The van der Waals surface area contributed by atoms with Crippen molar-refractivity contribution in [3.8, 4) is 23.0 Å². The lowest BCUT2D eigenvalue weighted by Crippen LogP contribution is -2.40. The lowest BCUT2D eigenvalue weighted by molar-refractivity contribution is -0.0118. The predicted molar refractivity (Wildman–Crippen MR) is 291 cm³/mol. The first kappa shape index (κ1) is 49.1. The zero-order valence-electron chi connectivity index (χ0n) is 41.6. The molecule has 0 saturated carbocycles. The Hall–Kier alpha value is -6.88. The van der Waals surface area contributed by atoms with E-state index in [1.165, 1.54) is 33.6 Å². The Morgan fingerprint density at radius 2 is 0.930 bits per heavy atom. The quantitative estimate of drug-likeness (QED) is 0.0678. The third-order valence-corrected chi connectivity index (χ3v) is 16.4. The van der Waals surface area contributed by atoms with Crippen LogP contribution in [0.5, 0.6) is 23.0 Å². The average Bonchev–Trinajstić information content (AvgIpc) is 4.06. The van der Waals surface area contributed by atoms with Crippen LogP contribution in [0.3, 0.4) is 0 Å². The van der Waals surface area contributed by atoms with Crippen LogP contribution >= 0.6 is 11.9 Å². The number of carbonyl (C=O) groups is 1. The highest BCUT2D eigenvalue weighted by atomic mass is 32.2. The van der Waals surface area contributed by atoms with Gasteiger partial charge in [-0.15, -0.1) is 4.52 Å². The van der Waals surface area contributed by atoms with Gasteiger partial charge >= 0.3 is 5.71 Å². The fraction of sp³-hybridized carbons (Fsp3) is 0.356. The van der Waals surface area contributed by atoms with E-state index >= 15 is 0 Å². The monoisotopic (exact) mass is 966 g/mol. The van der Waals surface area contributed by atoms with Crippen molar-refractivity contribution in [2.24, 2.45) is 9.63 Å². The van der Waals surface area contributed by atoms with E-state index in [4.69, 9.17) is 14.6 Å². The van der Waals surface area contributed by atoms with Gasteiger partial charge in [0, 0.05) is 139 Å². The second-order valence-electron chi connectivity index (χ2n) is 18.3. The van der Waals surface area contributed by atoms with Gasteiger partial charge in [0.25, 0.3) is 5.78 Å². The van der Waals surface area contributed by atoms with E-state index in [0.717, 1.165) is 91.9 Å². The van der Waals surface area contributed by atoms with Crippen molar-refractivity contribution in [1.29, 1.82) is 0 Å². The molecule has 3 heterocycles. The third-order valence-electron chi connectivity index (χ3n) is 15.5. The van der Waals surface area contributed by atoms with Gasteiger partial charge in [-0.2, -0.15) is 9.90 Å². The Kier molecular flexibility index (Phi) is 13.6. The average molecular weight is 967 g/mol. The minimum Gasteiger partial charge on any atom is -0.457 e. The largest absolute Gasteiger partial charge is 0.457 e. The Bertz CT molecular complexity index is 2950. The number of ether oxygens (including phenoxy) is 2.